The van der Waals surface area contributed by atoms with Crippen LogP contribution in [0.15, 0.2) is 0 Å². The fourth-order valence-corrected chi connectivity index (χ4v) is 1.76. The molecule has 82 valence electrons. The van der Waals surface area contributed by atoms with E-state index < -0.39 is 0 Å². The Morgan fingerprint density at radius 2 is 1.93 bits per heavy atom. The van der Waals surface area contributed by atoms with E-state index in [1.54, 1.807) is 0 Å². The number of terminal acetylenes is 1. The van der Waals surface area contributed by atoms with Crippen molar-refractivity contribution in [1.82, 2.24) is 0 Å². The first-order valence-electron chi connectivity index (χ1n) is 5.97. The Hall–Kier alpha value is -0.920. The van der Waals surface area contributed by atoms with E-state index >= 15 is 0 Å². The molecule has 0 amide bonds. The number of rotatable bonds is 7. The number of unbranched alkanes of at least 4 members (excludes halogenated alkanes) is 4. The highest BCUT2D eigenvalue weighted by Gasteiger charge is 2.36. The van der Waals surface area contributed by atoms with Gasteiger partial charge in [0.1, 0.15) is 0 Å². The van der Waals surface area contributed by atoms with Crippen molar-refractivity contribution in [3.05, 3.63) is 0 Å². The molecule has 0 aromatic carbocycles. The van der Waals surface area contributed by atoms with Crippen molar-refractivity contribution in [2.24, 2.45) is 0 Å². The zero-order valence-corrected chi connectivity index (χ0v) is 9.59. The lowest BCUT2D eigenvalue weighted by molar-refractivity contribution is 0.359. The molecule has 1 heteroatoms. The molecular weight excluding hydrogens is 184 g/mol. The zero-order chi connectivity index (χ0) is 10.9. The Balaban J connectivity index is 1.91. The minimum atomic E-state index is 0.372. The van der Waals surface area contributed by atoms with Gasteiger partial charge in [-0.3, -0.25) is 0 Å². The van der Waals surface area contributed by atoms with E-state index in [1.807, 2.05) is 0 Å². The lowest BCUT2D eigenvalue weighted by Crippen LogP contribution is -1.92. The van der Waals surface area contributed by atoms with Gasteiger partial charge in [0.2, 0.25) is 0 Å². The van der Waals surface area contributed by atoms with Crippen LogP contribution in [-0.2, 0) is 4.74 Å². The third-order valence-electron chi connectivity index (χ3n) is 2.74. The van der Waals surface area contributed by atoms with E-state index in [4.69, 9.17) is 11.2 Å². The maximum atomic E-state index is 5.50. The highest BCUT2D eigenvalue weighted by molar-refractivity contribution is 5.22. The number of hydrogen-bond donors (Lipinski definition) is 0. The van der Waals surface area contributed by atoms with Gasteiger partial charge >= 0.3 is 0 Å². The zero-order valence-electron chi connectivity index (χ0n) is 9.59. The van der Waals surface area contributed by atoms with Gasteiger partial charge in [-0.25, -0.2) is 0 Å². The average molecular weight is 204 g/mol. The summed E-state index contributed by atoms with van der Waals surface area (Å²) in [6.07, 6.45) is 14.6. The molecular formula is C14H20O. The Morgan fingerprint density at radius 3 is 2.67 bits per heavy atom. The number of ether oxygens (including phenoxy) is 1. The maximum Gasteiger partial charge on any atom is 0.0951 e. The first-order valence-corrected chi connectivity index (χ1v) is 5.97. The molecule has 0 unspecified atom stereocenters. The number of hydrogen-bond acceptors (Lipinski definition) is 1. The normalized spacial score (nSPS) is 22.7. The Morgan fingerprint density at radius 1 is 1.13 bits per heavy atom. The van der Waals surface area contributed by atoms with Crippen LogP contribution in [0, 0.1) is 24.2 Å². The molecule has 1 saturated heterocycles. The minimum absolute atomic E-state index is 0.372. The van der Waals surface area contributed by atoms with E-state index in [-0.39, 0.29) is 0 Å². The first-order chi connectivity index (χ1) is 7.38. The van der Waals surface area contributed by atoms with Crippen LogP contribution in [-0.4, -0.2) is 12.2 Å². The molecule has 0 radical (unpaired) electrons. The highest BCUT2D eigenvalue weighted by Crippen LogP contribution is 2.29. The molecule has 1 nitrogen and oxygen atoms in total. The smallest absolute Gasteiger partial charge is 0.0951 e. The van der Waals surface area contributed by atoms with Gasteiger partial charge in [0, 0.05) is 6.42 Å². The summed E-state index contributed by atoms with van der Waals surface area (Å²) in [5.74, 6) is 7.86. The van der Waals surface area contributed by atoms with Crippen LogP contribution in [0.1, 0.15) is 51.9 Å². The molecule has 1 aliphatic heterocycles. The average Bonchev–Trinajstić information content (AvgIpc) is 2.97. The van der Waals surface area contributed by atoms with Gasteiger partial charge in [-0.05, 0) is 18.3 Å². The largest absolute Gasteiger partial charge is 0.369 e. The second-order valence-electron chi connectivity index (χ2n) is 4.07. The van der Waals surface area contributed by atoms with E-state index in [2.05, 4.69) is 24.7 Å². The molecule has 1 heterocycles. The van der Waals surface area contributed by atoms with Crippen LogP contribution in [0.2, 0.25) is 0 Å². The van der Waals surface area contributed by atoms with Crippen molar-refractivity contribution >= 4 is 0 Å². The van der Waals surface area contributed by atoms with Crippen LogP contribution >= 0.6 is 0 Å². The second-order valence-corrected chi connectivity index (χ2v) is 4.07. The molecule has 1 rings (SSSR count). The van der Waals surface area contributed by atoms with Crippen molar-refractivity contribution in [3.63, 3.8) is 0 Å². The predicted molar refractivity (Wildman–Crippen MR) is 63.3 cm³/mol. The molecule has 0 aromatic heterocycles. The Labute approximate surface area is 93.6 Å². The summed E-state index contributed by atoms with van der Waals surface area (Å²) < 4.78 is 5.50. The van der Waals surface area contributed by atoms with Gasteiger partial charge in [0.05, 0.1) is 12.2 Å². The Bertz CT molecular complexity index is 263. The highest BCUT2D eigenvalue weighted by atomic mass is 16.6. The quantitative estimate of drug-likeness (QED) is 0.352. The summed E-state index contributed by atoms with van der Waals surface area (Å²) in [6.45, 7) is 2.24. The predicted octanol–water partition coefficient (Wildman–Crippen LogP) is 3.14. The van der Waals surface area contributed by atoms with Crippen LogP contribution in [0.3, 0.4) is 0 Å². The summed E-state index contributed by atoms with van der Waals surface area (Å²) >= 11 is 0. The molecule has 0 aliphatic carbocycles. The second kappa shape index (κ2) is 7.38. The molecule has 0 bridgehead atoms. The fourth-order valence-electron chi connectivity index (χ4n) is 1.76. The maximum absolute atomic E-state index is 5.50. The summed E-state index contributed by atoms with van der Waals surface area (Å²) in [5, 5.41) is 0. The third-order valence-corrected chi connectivity index (χ3v) is 2.74. The molecule has 0 N–H and O–H groups in total. The summed E-state index contributed by atoms with van der Waals surface area (Å²) in [4.78, 5) is 0. The van der Waals surface area contributed by atoms with Gasteiger partial charge < -0.3 is 4.74 Å². The molecule has 1 fully saturated rings. The monoisotopic (exact) mass is 204 g/mol. The molecule has 0 spiro atoms. The summed E-state index contributed by atoms with van der Waals surface area (Å²) in [5.41, 5.74) is 0. The van der Waals surface area contributed by atoms with Gasteiger partial charge in [0.15, 0.2) is 0 Å². The lowest BCUT2D eigenvalue weighted by atomic mass is 10.1. The minimum Gasteiger partial charge on any atom is -0.369 e. The summed E-state index contributed by atoms with van der Waals surface area (Å²) in [7, 11) is 0. The lowest BCUT2D eigenvalue weighted by Gasteiger charge is -1.96. The van der Waals surface area contributed by atoms with Crippen molar-refractivity contribution < 1.29 is 4.74 Å². The molecule has 15 heavy (non-hydrogen) atoms. The van der Waals surface area contributed by atoms with Gasteiger partial charge in [-0.1, -0.05) is 44.9 Å². The first kappa shape index (κ1) is 12.2. The van der Waals surface area contributed by atoms with Crippen LogP contribution < -0.4 is 0 Å². The van der Waals surface area contributed by atoms with E-state index in [1.165, 1.54) is 38.5 Å². The molecule has 2 atom stereocenters. The van der Waals surface area contributed by atoms with Gasteiger partial charge in [-0.15, -0.1) is 6.42 Å². The van der Waals surface area contributed by atoms with Crippen molar-refractivity contribution in [3.8, 4) is 24.2 Å². The third kappa shape index (κ3) is 5.50. The molecule has 1 aliphatic rings. The van der Waals surface area contributed by atoms with Crippen molar-refractivity contribution in [2.75, 3.05) is 0 Å². The van der Waals surface area contributed by atoms with Crippen LogP contribution in [0.4, 0.5) is 0 Å². The molecule has 0 aromatic rings. The van der Waals surface area contributed by atoms with E-state index in [9.17, 15) is 0 Å². The van der Waals surface area contributed by atoms with Gasteiger partial charge in [-0.2, -0.15) is 0 Å². The molecule has 0 saturated carbocycles. The van der Waals surface area contributed by atoms with Crippen LogP contribution in [0.5, 0.6) is 0 Å². The standard InChI is InChI=1S/C14H20O/c1-3-5-7-8-10-12-14-13(15-14)11-9-6-4-2/h2,13-14H,3,5,7-8,10-12H2,1H3/t13-,14+/m0/s1. The number of epoxide rings is 1. The van der Waals surface area contributed by atoms with Crippen LogP contribution in [0.25, 0.3) is 0 Å². The fraction of sp³-hybridized carbons (Fsp3) is 0.714. The topological polar surface area (TPSA) is 12.5 Å². The Kier molecular flexibility index (Phi) is 5.98. The van der Waals surface area contributed by atoms with E-state index in [0.717, 1.165) is 6.42 Å². The van der Waals surface area contributed by atoms with Crippen molar-refractivity contribution in [2.45, 2.75) is 64.1 Å². The SMILES string of the molecule is C#CC#CC[C@@H]1O[C@@H]1CCCCCCC. The van der Waals surface area contributed by atoms with Crippen molar-refractivity contribution in [1.29, 1.82) is 0 Å². The summed E-state index contributed by atoms with van der Waals surface area (Å²) in [6, 6.07) is 0. The van der Waals surface area contributed by atoms with E-state index in [0.29, 0.717) is 12.2 Å². The van der Waals surface area contributed by atoms with Gasteiger partial charge in [0.25, 0.3) is 0 Å².